The molecule has 0 saturated carbocycles. The minimum Gasteiger partial charge on any atom is -0.497 e. The smallest absolute Gasteiger partial charge is 0.313 e. The molecule has 0 radical (unpaired) electrons. The van der Waals surface area contributed by atoms with E-state index < -0.39 is 11.8 Å². The Morgan fingerprint density at radius 2 is 2.00 bits per heavy atom. The standard InChI is InChI=1S/C16H23N3O3/c1-3-19-10-4-5-13(19)11-17-15(20)16(21)18-12-6-8-14(22-2)9-7-12/h6-9,13H,3-5,10-11H2,1-2H3,(H,17,20)(H,18,21)/t13-/m1/s1. The molecule has 6 heteroatoms. The van der Waals surface area contributed by atoms with Crippen LogP contribution in [0.2, 0.25) is 0 Å². The highest BCUT2D eigenvalue weighted by Crippen LogP contribution is 2.16. The fourth-order valence-electron chi connectivity index (χ4n) is 2.70. The largest absolute Gasteiger partial charge is 0.497 e. The first-order valence-corrected chi connectivity index (χ1v) is 7.61. The van der Waals surface area contributed by atoms with Crippen LogP contribution in [0.1, 0.15) is 19.8 Å². The lowest BCUT2D eigenvalue weighted by atomic mass is 10.2. The van der Waals surface area contributed by atoms with Crippen LogP contribution in [0.4, 0.5) is 5.69 Å². The molecule has 2 amide bonds. The molecule has 2 N–H and O–H groups in total. The van der Waals surface area contributed by atoms with E-state index in [1.807, 2.05) is 0 Å². The van der Waals surface area contributed by atoms with Gasteiger partial charge in [0.2, 0.25) is 0 Å². The molecule has 120 valence electrons. The Kier molecular flexibility index (Phi) is 5.77. The van der Waals surface area contributed by atoms with Crippen LogP contribution in [0, 0.1) is 0 Å². The molecule has 0 bridgehead atoms. The molecular weight excluding hydrogens is 282 g/mol. The molecule has 1 heterocycles. The molecule has 2 rings (SSSR count). The van der Waals surface area contributed by atoms with E-state index in [0.29, 0.717) is 24.0 Å². The van der Waals surface area contributed by atoms with Crippen molar-refractivity contribution in [1.82, 2.24) is 10.2 Å². The molecule has 0 aromatic heterocycles. The van der Waals surface area contributed by atoms with Crippen molar-refractivity contribution < 1.29 is 14.3 Å². The van der Waals surface area contributed by atoms with Gasteiger partial charge in [-0.05, 0) is 50.2 Å². The fraction of sp³-hybridized carbons (Fsp3) is 0.500. The van der Waals surface area contributed by atoms with E-state index >= 15 is 0 Å². The molecule has 0 aliphatic carbocycles. The number of likely N-dealkylation sites (tertiary alicyclic amines) is 1. The number of ether oxygens (including phenoxy) is 1. The molecule has 1 aromatic carbocycles. The van der Waals surface area contributed by atoms with Crippen molar-refractivity contribution in [3.8, 4) is 5.75 Å². The molecule has 1 atom stereocenters. The van der Waals surface area contributed by atoms with Crippen molar-refractivity contribution in [2.45, 2.75) is 25.8 Å². The van der Waals surface area contributed by atoms with Crippen LogP contribution in [0.3, 0.4) is 0 Å². The van der Waals surface area contributed by atoms with Gasteiger partial charge in [0.25, 0.3) is 0 Å². The Hall–Kier alpha value is -2.08. The summed E-state index contributed by atoms with van der Waals surface area (Å²) in [6, 6.07) is 7.18. The van der Waals surface area contributed by atoms with E-state index in [1.54, 1.807) is 31.4 Å². The van der Waals surface area contributed by atoms with E-state index in [9.17, 15) is 9.59 Å². The first-order chi connectivity index (χ1) is 10.6. The van der Waals surface area contributed by atoms with Crippen molar-refractivity contribution >= 4 is 17.5 Å². The van der Waals surface area contributed by atoms with E-state index in [-0.39, 0.29) is 0 Å². The Bertz CT molecular complexity index is 516. The van der Waals surface area contributed by atoms with Crippen LogP contribution < -0.4 is 15.4 Å². The highest BCUT2D eigenvalue weighted by molar-refractivity contribution is 6.39. The molecule has 1 aliphatic heterocycles. The van der Waals surface area contributed by atoms with Crippen LogP contribution in [0.25, 0.3) is 0 Å². The number of hydrogen-bond acceptors (Lipinski definition) is 4. The van der Waals surface area contributed by atoms with Gasteiger partial charge in [0.15, 0.2) is 0 Å². The van der Waals surface area contributed by atoms with Gasteiger partial charge in [-0.25, -0.2) is 0 Å². The summed E-state index contributed by atoms with van der Waals surface area (Å²) in [6.07, 6.45) is 2.21. The van der Waals surface area contributed by atoms with Gasteiger partial charge in [0.1, 0.15) is 5.75 Å². The summed E-state index contributed by atoms with van der Waals surface area (Å²) in [6.45, 7) is 4.66. The van der Waals surface area contributed by atoms with Crippen LogP contribution in [0.15, 0.2) is 24.3 Å². The maximum atomic E-state index is 11.9. The number of carbonyl (C=O) groups excluding carboxylic acids is 2. The Morgan fingerprint density at radius 1 is 1.27 bits per heavy atom. The van der Waals surface area contributed by atoms with Gasteiger partial charge in [0.05, 0.1) is 7.11 Å². The van der Waals surface area contributed by atoms with Crippen molar-refractivity contribution in [3.05, 3.63) is 24.3 Å². The predicted octanol–water partition coefficient (Wildman–Crippen LogP) is 1.23. The van der Waals surface area contributed by atoms with Gasteiger partial charge in [-0.3, -0.25) is 14.5 Å². The lowest BCUT2D eigenvalue weighted by molar-refractivity contribution is -0.136. The lowest BCUT2D eigenvalue weighted by Gasteiger charge is -2.22. The van der Waals surface area contributed by atoms with Gasteiger partial charge in [-0.2, -0.15) is 0 Å². The molecule has 1 saturated heterocycles. The summed E-state index contributed by atoms with van der Waals surface area (Å²) in [5, 5.41) is 5.29. The first kappa shape index (κ1) is 16.3. The molecule has 1 aromatic rings. The number of likely N-dealkylation sites (N-methyl/N-ethyl adjacent to an activating group) is 1. The summed E-state index contributed by atoms with van der Waals surface area (Å²) >= 11 is 0. The minimum atomic E-state index is -0.647. The van der Waals surface area contributed by atoms with E-state index in [0.717, 1.165) is 25.9 Å². The topological polar surface area (TPSA) is 70.7 Å². The van der Waals surface area contributed by atoms with Gasteiger partial charge < -0.3 is 15.4 Å². The van der Waals surface area contributed by atoms with Crippen LogP contribution >= 0.6 is 0 Å². The molecule has 0 spiro atoms. The number of anilines is 1. The predicted molar refractivity (Wildman–Crippen MR) is 84.9 cm³/mol. The lowest BCUT2D eigenvalue weighted by Crippen LogP contribution is -2.43. The van der Waals surface area contributed by atoms with Crippen molar-refractivity contribution in [2.24, 2.45) is 0 Å². The zero-order chi connectivity index (χ0) is 15.9. The highest BCUT2D eigenvalue weighted by atomic mass is 16.5. The second kappa shape index (κ2) is 7.79. The fourth-order valence-corrected chi connectivity index (χ4v) is 2.70. The third-order valence-corrected chi connectivity index (χ3v) is 3.96. The third kappa shape index (κ3) is 4.21. The molecule has 1 fully saturated rings. The maximum Gasteiger partial charge on any atom is 0.313 e. The highest BCUT2D eigenvalue weighted by Gasteiger charge is 2.24. The second-order valence-electron chi connectivity index (χ2n) is 5.32. The first-order valence-electron chi connectivity index (χ1n) is 7.61. The van der Waals surface area contributed by atoms with Gasteiger partial charge in [-0.15, -0.1) is 0 Å². The number of benzene rings is 1. The number of carbonyl (C=O) groups is 2. The van der Waals surface area contributed by atoms with Gasteiger partial charge in [-0.1, -0.05) is 6.92 Å². The Morgan fingerprint density at radius 3 is 2.64 bits per heavy atom. The summed E-state index contributed by atoms with van der Waals surface area (Å²) < 4.78 is 5.04. The number of hydrogen-bond donors (Lipinski definition) is 2. The van der Waals surface area contributed by atoms with E-state index in [2.05, 4.69) is 22.5 Å². The van der Waals surface area contributed by atoms with Crippen LogP contribution in [0.5, 0.6) is 5.75 Å². The summed E-state index contributed by atoms with van der Waals surface area (Å²) in [5.41, 5.74) is 0.567. The third-order valence-electron chi connectivity index (χ3n) is 3.96. The Balaban J connectivity index is 1.80. The Labute approximate surface area is 130 Å². The van der Waals surface area contributed by atoms with E-state index in [1.165, 1.54) is 0 Å². The second-order valence-corrected chi connectivity index (χ2v) is 5.32. The number of methoxy groups -OCH3 is 1. The van der Waals surface area contributed by atoms with Crippen LogP contribution in [-0.4, -0.2) is 49.5 Å². The normalized spacial score (nSPS) is 18.0. The summed E-state index contributed by atoms with van der Waals surface area (Å²) in [5.74, 6) is -0.548. The van der Waals surface area contributed by atoms with Gasteiger partial charge in [0, 0.05) is 18.3 Å². The molecule has 6 nitrogen and oxygen atoms in total. The van der Waals surface area contributed by atoms with Crippen molar-refractivity contribution in [2.75, 3.05) is 32.1 Å². The minimum absolute atomic E-state index is 0.336. The number of nitrogens with zero attached hydrogens (tertiary/aromatic N) is 1. The summed E-state index contributed by atoms with van der Waals surface area (Å²) in [7, 11) is 1.57. The number of nitrogens with one attached hydrogen (secondary N) is 2. The number of amides is 2. The molecule has 0 unspecified atom stereocenters. The summed E-state index contributed by atoms with van der Waals surface area (Å²) in [4.78, 5) is 26.0. The van der Waals surface area contributed by atoms with Crippen molar-refractivity contribution in [3.63, 3.8) is 0 Å². The molecule has 22 heavy (non-hydrogen) atoms. The zero-order valence-electron chi connectivity index (χ0n) is 13.1. The molecule has 1 aliphatic rings. The average Bonchev–Trinajstić information content (AvgIpc) is 3.00. The van der Waals surface area contributed by atoms with E-state index in [4.69, 9.17) is 4.74 Å². The van der Waals surface area contributed by atoms with Crippen LogP contribution in [-0.2, 0) is 9.59 Å². The van der Waals surface area contributed by atoms with Crippen molar-refractivity contribution in [1.29, 1.82) is 0 Å². The average molecular weight is 305 g/mol. The SMILES string of the molecule is CCN1CCC[C@@H]1CNC(=O)C(=O)Nc1ccc(OC)cc1. The van der Waals surface area contributed by atoms with Gasteiger partial charge >= 0.3 is 11.8 Å². The monoisotopic (exact) mass is 305 g/mol. The zero-order valence-corrected chi connectivity index (χ0v) is 13.1. The maximum absolute atomic E-state index is 11.9. The molecular formula is C16H23N3O3. The number of rotatable bonds is 5. The quantitative estimate of drug-likeness (QED) is 0.803.